The van der Waals surface area contributed by atoms with Gasteiger partial charge in [-0.3, -0.25) is 4.79 Å². The number of hydrogen-bond acceptors (Lipinski definition) is 3. The Morgan fingerprint density at radius 1 is 1.15 bits per heavy atom. The van der Waals surface area contributed by atoms with Gasteiger partial charge in [-0.05, 0) is 58.2 Å². The number of nitrogens with one attached hydrogen (secondary N) is 2. The molecule has 0 radical (unpaired) electrons. The summed E-state index contributed by atoms with van der Waals surface area (Å²) in [6.07, 6.45) is 5.91. The molecule has 5 nitrogen and oxygen atoms in total. The molecule has 1 atom stereocenters. The van der Waals surface area contributed by atoms with E-state index in [4.69, 9.17) is 4.74 Å². The van der Waals surface area contributed by atoms with Gasteiger partial charge in [-0.15, -0.1) is 0 Å². The number of hydrogen-bond donors (Lipinski definition) is 2. The van der Waals surface area contributed by atoms with E-state index in [-0.39, 0.29) is 17.5 Å². The lowest BCUT2D eigenvalue weighted by Gasteiger charge is -2.22. The Labute approximate surface area is 161 Å². The van der Waals surface area contributed by atoms with E-state index in [1.807, 2.05) is 0 Å². The average Bonchev–Trinajstić information content (AvgIpc) is 2.81. The molecule has 2 rings (SSSR count). The highest BCUT2D eigenvalue weighted by atomic mass is 19.1. The third kappa shape index (κ3) is 6.85. The molecule has 1 aromatic rings. The highest BCUT2D eigenvalue weighted by Crippen LogP contribution is 2.20. The van der Waals surface area contributed by atoms with E-state index in [0.717, 1.165) is 25.7 Å². The lowest BCUT2D eigenvalue weighted by Crippen LogP contribution is -2.35. The third-order valence-corrected chi connectivity index (χ3v) is 4.66. The Kier molecular flexibility index (Phi) is 7.22. The van der Waals surface area contributed by atoms with Crippen LogP contribution in [-0.2, 0) is 4.74 Å². The number of amides is 2. The summed E-state index contributed by atoms with van der Waals surface area (Å²) >= 11 is 0. The van der Waals surface area contributed by atoms with Crippen LogP contribution in [0.15, 0.2) is 18.2 Å². The van der Waals surface area contributed by atoms with E-state index in [1.165, 1.54) is 25.0 Å². The van der Waals surface area contributed by atoms with Gasteiger partial charge < -0.3 is 15.4 Å². The Morgan fingerprint density at radius 3 is 2.33 bits per heavy atom. The van der Waals surface area contributed by atoms with Gasteiger partial charge in [0, 0.05) is 6.04 Å². The fraction of sp³-hybridized carbons (Fsp3) is 0.619. The maximum Gasteiger partial charge on any atom is 0.408 e. The van der Waals surface area contributed by atoms with Crippen LogP contribution < -0.4 is 10.6 Å². The van der Waals surface area contributed by atoms with E-state index < -0.39 is 23.6 Å². The molecular formula is C21H31FN2O3. The number of alkyl carbamates (subject to hydrolysis) is 1. The van der Waals surface area contributed by atoms with Crippen LogP contribution in [0.25, 0.3) is 0 Å². The summed E-state index contributed by atoms with van der Waals surface area (Å²) in [6.45, 7) is 7.07. The maximum absolute atomic E-state index is 14.5. The Hall–Kier alpha value is -2.11. The van der Waals surface area contributed by atoms with Crippen LogP contribution in [0.2, 0.25) is 0 Å². The van der Waals surface area contributed by atoms with Crippen LogP contribution in [0.1, 0.15) is 88.2 Å². The Bertz CT molecular complexity index is 662. The minimum Gasteiger partial charge on any atom is -0.444 e. The van der Waals surface area contributed by atoms with E-state index >= 15 is 0 Å². The second-order valence-electron chi connectivity index (χ2n) is 8.27. The van der Waals surface area contributed by atoms with E-state index in [2.05, 4.69) is 10.6 Å². The fourth-order valence-corrected chi connectivity index (χ4v) is 3.24. The smallest absolute Gasteiger partial charge is 0.408 e. The topological polar surface area (TPSA) is 67.4 Å². The molecule has 27 heavy (non-hydrogen) atoms. The molecule has 1 aromatic carbocycles. The van der Waals surface area contributed by atoms with Gasteiger partial charge >= 0.3 is 6.09 Å². The number of ether oxygens (including phenoxy) is 1. The summed E-state index contributed by atoms with van der Waals surface area (Å²) in [7, 11) is 0. The van der Waals surface area contributed by atoms with Crippen LogP contribution in [0.3, 0.4) is 0 Å². The van der Waals surface area contributed by atoms with Gasteiger partial charge in [0.15, 0.2) is 0 Å². The Balaban J connectivity index is 1.99. The quantitative estimate of drug-likeness (QED) is 0.735. The second kappa shape index (κ2) is 9.20. The van der Waals surface area contributed by atoms with Gasteiger partial charge in [0.2, 0.25) is 0 Å². The highest BCUT2D eigenvalue weighted by Gasteiger charge is 2.21. The van der Waals surface area contributed by atoms with Crippen molar-refractivity contribution in [3.63, 3.8) is 0 Å². The highest BCUT2D eigenvalue weighted by molar-refractivity contribution is 5.94. The molecule has 1 fully saturated rings. The van der Waals surface area contributed by atoms with Crippen molar-refractivity contribution in [2.45, 2.75) is 83.9 Å². The standard InChI is InChI=1S/C21H31FN2O3/c1-14(23-20(26)27-21(2,3)4)15-11-12-17(18(22)13-15)19(25)24-16-9-7-5-6-8-10-16/h11-14,16H,5-10H2,1-4H3,(H,23,26)(H,24,25). The van der Waals surface area contributed by atoms with Gasteiger partial charge in [-0.2, -0.15) is 0 Å². The molecule has 1 unspecified atom stereocenters. The van der Waals surface area contributed by atoms with Crippen molar-refractivity contribution in [3.8, 4) is 0 Å². The largest absolute Gasteiger partial charge is 0.444 e. The van der Waals surface area contributed by atoms with Crippen LogP contribution in [0, 0.1) is 5.82 Å². The summed E-state index contributed by atoms with van der Waals surface area (Å²) in [5.41, 5.74) is 0.00600. The predicted molar refractivity (Wildman–Crippen MR) is 103 cm³/mol. The molecule has 2 amide bonds. The monoisotopic (exact) mass is 378 g/mol. The van der Waals surface area contributed by atoms with E-state index in [9.17, 15) is 14.0 Å². The van der Waals surface area contributed by atoms with Crippen LogP contribution in [0.4, 0.5) is 9.18 Å². The van der Waals surface area contributed by atoms with Crippen molar-refractivity contribution in [3.05, 3.63) is 35.1 Å². The number of carbonyl (C=O) groups excluding carboxylic acids is 2. The zero-order valence-corrected chi connectivity index (χ0v) is 16.7. The van der Waals surface area contributed by atoms with Gasteiger partial charge in [-0.25, -0.2) is 9.18 Å². The van der Waals surface area contributed by atoms with Crippen molar-refractivity contribution < 1.29 is 18.7 Å². The maximum atomic E-state index is 14.5. The molecule has 0 saturated heterocycles. The molecule has 0 bridgehead atoms. The third-order valence-electron chi connectivity index (χ3n) is 4.66. The van der Waals surface area contributed by atoms with Gasteiger partial charge in [0.05, 0.1) is 11.6 Å². The molecule has 2 N–H and O–H groups in total. The minimum absolute atomic E-state index is 0.0347. The lowest BCUT2D eigenvalue weighted by atomic mass is 10.0. The first-order valence-electron chi connectivity index (χ1n) is 9.75. The zero-order valence-electron chi connectivity index (χ0n) is 16.7. The van der Waals surface area contributed by atoms with Crippen LogP contribution >= 0.6 is 0 Å². The molecule has 0 aromatic heterocycles. The van der Waals surface area contributed by atoms with Gasteiger partial charge in [0.1, 0.15) is 11.4 Å². The molecule has 150 valence electrons. The van der Waals surface area contributed by atoms with Crippen molar-refractivity contribution in [2.24, 2.45) is 0 Å². The number of halogens is 1. The summed E-state index contributed by atoms with van der Waals surface area (Å²) < 4.78 is 19.7. The van der Waals surface area contributed by atoms with Crippen molar-refractivity contribution in [2.75, 3.05) is 0 Å². The fourth-order valence-electron chi connectivity index (χ4n) is 3.24. The Morgan fingerprint density at radius 2 is 1.78 bits per heavy atom. The summed E-state index contributed by atoms with van der Waals surface area (Å²) in [5, 5.41) is 5.63. The van der Waals surface area contributed by atoms with Crippen molar-refractivity contribution in [1.29, 1.82) is 0 Å². The molecule has 1 saturated carbocycles. The van der Waals surface area contributed by atoms with E-state index in [1.54, 1.807) is 33.8 Å². The second-order valence-corrected chi connectivity index (χ2v) is 8.27. The first-order valence-corrected chi connectivity index (χ1v) is 9.75. The molecule has 0 heterocycles. The van der Waals surface area contributed by atoms with E-state index in [0.29, 0.717) is 5.56 Å². The van der Waals surface area contributed by atoms with Crippen molar-refractivity contribution in [1.82, 2.24) is 10.6 Å². The first kappa shape index (κ1) is 21.2. The summed E-state index contributed by atoms with van der Waals surface area (Å²) in [6, 6.07) is 4.11. The van der Waals surface area contributed by atoms with Gasteiger partial charge in [0.25, 0.3) is 5.91 Å². The zero-order chi connectivity index (χ0) is 20.0. The molecular weight excluding hydrogens is 347 g/mol. The van der Waals surface area contributed by atoms with Gasteiger partial charge in [-0.1, -0.05) is 31.7 Å². The molecule has 0 aliphatic heterocycles. The lowest BCUT2D eigenvalue weighted by molar-refractivity contribution is 0.0507. The average molecular weight is 378 g/mol. The summed E-state index contributed by atoms with van der Waals surface area (Å²) in [5.74, 6) is -0.963. The van der Waals surface area contributed by atoms with Crippen LogP contribution in [0.5, 0.6) is 0 Å². The SMILES string of the molecule is CC(NC(=O)OC(C)(C)C)c1ccc(C(=O)NC2CCCCCC2)c(F)c1. The molecule has 0 spiro atoms. The molecule has 6 heteroatoms. The number of carbonyl (C=O) groups is 2. The first-order chi connectivity index (χ1) is 12.7. The summed E-state index contributed by atoms with van der Waals surface area (Å²) in [4.78, 5) is 24.3. The normalized spacial score (nSPS) is 16.9. The minimum atomic E-state index is -0.602. The number of benzene rings is 1. The molecule has 1 aliphatic rings. The van der Waals surface area contributed by atoms with Crippen LogP contribution in [-0.4, -0.2) is 23.6 Å². The molecule has 1 aliphatic carbocycles. The number of rotatable bonds is 4. The van der Waals surface area contributed by atoms with Crippen molar-refractivity contribution >= 4 is 12.0 Å². The predicted octanol–water partition coefficient (Wildman–Crippen LogP) is 4.86.